The molecule has 3 aromatic rings. The molecule has 2 aliphatic heterocycles. The summed E-state index contributed by atoms with van der Waals surface area (Å²) in [6.07, 6.45) is 1.59. The third-order valence-corrected chi connectivity index (χ3v) is 6.06. The van der Waals surface area contributed by atoms with Gasteiger partial charge in [-0.05, 0) is 48.6 Å². The average molecular weight is 376 g/mol. The zero-order chi connectivity index (χ0) is 19.3. The highest BCUT2D eigenvalue weighted by Crippen LogP contribution is 2.41. The van der Waals surface area contributed by atoms with Crippen LogP contribution < -0.4 is 4.74 Å². The largest absolute Gasteiger partial charge is 0.489 e. The molecule has 0 spiro atoms. The van der Waals surface area contributed by atoms with Crippen LogP contribution in [0.5, 0.6) is 5.75 Å². The molecule has 0 radical (unpaired) electrons. The van der Waals surface area contributed by atoms with Gasteiger partial charge < -0.3 is 19.3 Å². The number of hydrogen-bond acceptors (Lipinski definition) is 2. The summed E-state index contributed by atoms with van der Waals surface area (Å²) in [6.45, 7) is 3.84. The number of hydrogen-bond donors (Lipinski definition) is 1. The van der Waals surface area contributed by atoms with E-state index in [1.165, 1.54) is 33.3 Å². The van der Waals surface area contributed by atoms with Crippen molar-refractivity contribution in [3.8, 4) is 5.75 Å². The second-order valence-electron chi connectivity index (χ2n) is 7.88. The van der Waals surface area contributed by atoms with E-state index in [1.54, 1.807) is 4.90 Å². The first-order valence-electron chi connectivity index (χ1n) is 9.92. The summed E-state index contributed by atoms with van der Waals surface area (Å²) >= 11 is 0. The van der Waals surface area contributed by atoms with Gasteiger partial charge in [-0.25, -0.2) is 4.79 Å². The number of carbonyl (C=O) groups is 1. The summed E-state index contributed by atoms with van der Waals surface area (Å²) in [4.78, 5) is 13.1. The SMILES string of the molecule is Cc1cc2c3c(c1)c1c(n3C(Cc3ccccc3)CO2)CCN(C(=O)O)CC1. The van der Waals surface area contributed by atoms with Gasteiger partial charge in [-0.3, -0.25) is 0 Å². The molecule has 2 aliphatic rings. The Kier molecular flexibility index (Phi) is 4.04. The van der Waals surface area contributed by atoms with Gasteiger partial charge in [0.1, 0.15) is 12.4 Å². The van der Waals surface area contributed by atoms with Crippen LogP contribution in [0.25, 0.3) is 10.9 Å². The van der Waals surface area contributed by atoms with Crippen molar-refractivity contribution in [2.24, 2.45) is 0 Å². The molecule has 2 aromatic carbocycles. The first-order valence-corrected chi connectivity index (χ1v) is 9.92. The molecule has 0 saturated heterocycles. The van der Waals surface area contributed by atoms with Gasteiger partial charge in [0.05, 0.1) is 11.6 Å². The van der Waals surface area contributed by atoms with E-state index in [0.717, 1.165) is 25.0 Å². The minimum Gasteiger partial charge on any atom is -0.489 e. The highest BCUT2D eigenvalue weighted by atomic mass is 16.5. The summed E-state index contributed by atoms with van der Waals surface area (Å²) in [5.41, 5.74) is 6.25. The fourth-order valence-electron chi connectivity index (χ4n) is 4.81. The third-order valence-electron chi connectivity index (χ3n) is 6.06. The fourth-order valence-corrected chi connectivity index (χ4v) is 4.81. The number of carboxylic acid groups (broad SMARTS) is 1. The summed E-state index contributed by atoms with van der Waals surface area (Å²) in [7, 11) is 0. The molecule has 0 saturated carbocycles. The Hall–Kier alpha value is -2.95. The first kappa shape index (κ1) is 17.2. The van der Waals surface area contributed by atoms with Gasteiger partial charge in [0.25, 0.3) is 0 Å². The van der Waals surface area contributed by atoms with E-state index in [0.29, 0.717) is 19.7 Å². The van der Waals surface area contributed by atoms with Gasteiger partial charge in [0.2, 0.25) is 0 Å². The van der Waals surface area contributed by atoms with Crippen LogP contribution >= 0.6 is 0 Å². The van der Waals surface area contributed by atoms with E-state index >= 15 is 0 Å². The van der Waals surface area contributed by atoms with Gasteiger partial charge >= 0.3 is 6.09 Å². The van der Waals surface area contributed by atoms with Crippen LogP contribution in [0.15, 0.2) is 42.5 Å². The van der Waals surface area contributed by atoms with Crippen molar-refractivity contribution < 1.29 is 14.6 Å². The van der Waals surface area contributed by atoms with Crippen molar-refractivity contribution in [2.45, 2.75) is 32.2 Å². The van der Waals surface area contributed by atoms with Crippen LogP contribution in [-0.2, 0) is 19.3 Å². The van der Waals surface area contributed by atoms with E-state index in [9.17, 15) is 9.90 Å². The maximum atomic E-state index is 11.5. The molecule has 0 aliphatic carbocycles. The van der Waals surface area contributed by atoms with E-state index in [-0.39, 0.29) is 6.04 Å². The molecular weight excluding hydrogens is 352 g/mol. The van der Waals surface area contributed by atoms with Gasteiger partial charge in [-0.1, -0.05) is 30.3 Å². The Morgan fingerprint density at radius 1 is 1.18 bits per heavy atom. The number of aryl methyl sites for hydroxylation is 1. The molecule has 5 heteroatoms. The number of ether oxygens (including phenoxy) is 1. The molecule has 5 rings (SSSR count). The van der Waals surface area contributed by atoms with Gasteiger partial charge in [0.15, 0.2) is 0 Å². The summed E-state index contributed by atoms with van der Waals surface area (Å²) in [5, 5.41) is 10.7. The Morgan fingerprint density at radius 3 is 2.75 bits per heavy atom. The molecular formula is C23H24N2O3. The molecule has 28 heavy (non-hydrogen) atoms. The minimum atomic E-state index is -0.825. The third kappa shape index (κ3) is 2.73. The fraction of sp³-hybridized carbons (Fsp3) is 0.348. The van der Waals surface area contributed by atoms with E-state index in [1.807, 2.05) is 6.07 Å². The normalized spacial score (nSPS) is 18.5. The lowest BCUT2D eigenvalue weighted by molar-refractivity contribution is 0.147. The Balaban J connectivity index is 1.65. The maximum Gasteiger partial charge on any atom is 0.407 e. The summed E-state index contributed by atoms with van der Waals surface area (Å²) in [5.74, 6) is 0.961. The van der Waals surface area contributed by atoms with E-state index in [4.69, 9.17) is 4.74 Å². The van der Waals surface area contributed by atoms with Crippen molar-refractivity contribution in [2.75, 3.05) is 19.7 Å². The molecule has 1 unspecified atom stereocenters. The van der Waals surface area contributed by atoms with Gasteiger partial charge in [0, 0.05) is 30.6 Å². The summed E-state index contributed by atoms with van der Waals surface area (Å²) in [6, 6.07) is 15.1. The number of fused-ring (bicyclic) bond motifs is 3. The maximum absolute atomic E-state index is 11.5. The minimum absolute atomic E-state index is 0.222. The van der Waals surface area contributed by atoms with Crippen LogP contribution in [-0.4, -0.2) is 40.4 Å². The predicted octanol–water partition coefficient (Wildman–Crippen LogP) is 4.20. The highest BCUT2D eigenvalue weighted by molar-refractivity contribution is 5.92. The standard InChI is InChI=1S/C23H24N2O3/c1-15-11-19-18-7-9-24(23(26)27)10-8-20(18)25-17(13-16-5-3-2-4-6-16)14-28-21(12-15)22(19)25/h2-6,11-12,17H,7-10,13-14H2,1H3,(H,26,27). The van der Waals surface area contributed by atoms with Gasteiger partial charge in [-0.15, -0.1) is 0 Å². The molecule has 3 heterocycles. The zero-order valence-electron chi connectivity index (χ0n) is 16.0. The molecule has 1 atom stereocenters. The second-order valence-corrected chi connectivity index (χ2v) is 7.88. The van der Waals surface area contributed by atoms with E-state index in [2.05, 4.69) is 47.9 Å². The topological polar surface area (TPSA) is 54.7 Å². The Morgan fingerprint density at radius 2 is 1.96 bits per heavy atom. The smallest absolute Gasteiger partial charge is 0.407 e. The molecule has 0 bridgehead atoms. The second kappa shape index (κ2) is 6.59. The molecule has 1 N–H and O–H groups in total. The van der Waals surface area contributed by atoms with Gasteiger partial charge in [-0.2, -0.15) is 0 Å². The zero-order valence-corrected chi connectivity index (χ0v) is 16.0. The quantitative estimate of drug-likeness (QED) is 0.729. The molecule has 1 amide bonds. The molecule has 5 nitrogen and oxygen atoms in total. The van der Waals surface area contributed by atoms with Crippen molar-refractivity contribution >= 4 is 17.0 Å². The van der Waals surface area contributed by atoms with E-state index < -0.39 is 6.09 Å². The van der Waals surface area contributed by atoms with Crippen LogP contribution in [0.1, 0.15) is 28.4 Å². The van der Waals surface area contributed by atoms with Crippen LogP contribution in [0.4, 0.5) is 4.79 Å². The van der Waals surface area contributed by atoms with Crippen molar-refractivity contribution in [1.82, 2.24) is 9.47 Å². The molecule has 1 aromatic heterocycles. The lowest BCUT2D eigenvalue weighted by Gasteiger charge is -2.29. The van der Waals surface area contributed by atoms with Crippen molar-refractivity contribution in [3.05, 3.63) is 64.8 Å². The lowest BCUT2D eigenvalue weighted by atomic mass is 10.0. The monoisotopic (exact) mass is 376 g/mol. The average Bonchev–Trinajstić information content (AvgIpc) is 2.85. The van der Waals surface area contributed by atoms with Crippen molar-refractivity contribution in [3.63, 3.8) is 0 Å². The Labute approximate surface area is 164 Å². The number of aromatic nitrogens is 1. The van der Waals surface area contributed by atoms with Crippen LogP contribution in [0, 0.1) is 6.92 Å². The number of rotatable bonds is 2. The summed E-state index contributed by atoms with van der Waals surface area (Å²) < 4.78 is 8.66. The first-order chi connectivity index (χ1) is 13.6. The lowest BCUT2D eigenvalue weighted by Crippen LogP contribution is -2.32. The predicted molar refractivity (Wildman–Crippen MR) is 108 cm³/mol. The Bertz CT molecular complexity index is 1050. The number of nitrogens with zero attached hydrogens (tertiary/aromatic N) is 2. The van der Waals surface area contributed by atoms with Crippen LogP contribution in [0.3, 0.4) is 0 Å². The van der Waals surface area contributed by atoms with Crippen LogP contribution in [0.2, 0.25) is 0 Å². The number of amides is 1. The number of benzene rings is 2. The highest BCUT2D eigenvalue weighted by Gasteiger charge is 2.31. The molecule has 144 valence electrons. The molecule has 0 fully saturated rings. The van der Waals surface area contributed by atoms with Crippen molar-refractivity contribution in [1.29, 1.82) is 0 Å².